The molecule has 1 saturated carbocycles. The fourth-order valence-electron chi connectivity index (χ4n) is 1.97. The zero-order chi connectivity index (χ0) is 12.3. The quantitative estimate of drug-likeness (QED) is 0.816. The predicted octanol–water partition coefficient (Wildman–Crippen LogP) is 1.90. The van der Waals surface area contributed by atoms with E-state index in [0.29, 0.717) is 11.5 Å². The second-order valence-corrected chi connectivity index (χ2v) is 4.70. The number of carbonyl (C=O) groups excluding carboxylic acids is 1. The van der Waals surface area contributed by atoms with Crippen molar-refractivity contribution in [1.82, 2.24) is 10.3 Å². The van der Waals surface area contributed by atoms with Gasteiger partial charge in [-0.3, -0.25) is 9.78 Å². The Morgan fingerprint density at radius 2 is 2.35 bits per heavy atom. The first-order chi connectivity index (χ1) is 8.22. The molecule has 1 aliphatic rings. The first-order valence-corrected chi connectivity index (χ1v) is 6.12. The smallest absolute Gasteiger partial charge is 0.253 e. The lowest BCUT2D eigenvalue weighted by molar-refractivity contribution is 0.0947. The molecule has 1 atom stereocenters. The van der Waals surface area contributed by atoms with Crippen LogP contribution in [0.4, 0.5) is 5.69 Å². The summed E-state index contributed by atoms with van der Waals surface area (Å²) in [6.45, 7) is 2.96. The van der Waals surface area contributed by atoms with Crippen LogP contribution in [0.5, 0.6) is 0 Å². The molecule has 1 heterocycles. The molecule has 1 aromatic rings. The number of nitrogens with one attached hydrogen (secondary N) is 2. The van der Waals surface area contributed by atoms with Crippen molar-refractivity contribution >= 4 is 11.6 Å². The summed E-state index contributed by atoms with van der Waals surface area (Å²) < 4.78 is 0. The van der Waals surface area contributed by atoms with Gasteiger partial charge in [-0.1, -0.05) is 6.92 Å². The van der Waals surface area contributed by atoms with Crippen LogP contribution in [0.1, 0.15) is 30.1 Å². The van der Waals surface area contributed by atoms with E-state index in [1.807, 2.05) is 0 Å². The summed E-state index contributed by atoms with van der Waals surface area (Å²) in [5.74, 6) is 1.37. The standard InChI is InChI=1S/C13H19N3O/c1-9(10-3-4-10)7-16-13(17)11-5-6-15-8-12(11)14-2/h5-6,8-10,14H,3-4,7H2,1-2H3,(H,16,17). The lowest BCUT2D eigenvalue weighted by atomic mass is 10.1. The van der Waals surface area contributed by atoms with E-state index in [-0.39, 0.29) is 5.91 Å². The predicted molar refractivity (Wildman–Crippen MR) is 68.0 cm³/mol. The van der Waals surface area contributed by atoms with Crippen LogP contribution in [-0.2, 0) is 0 Å². The fraction of sp³-hybridized carbons (Fsp3) is 0.538. The number of rotatable bonds is 5. The monoisotopic (exact) mass is 233 g/mol. The van der Waals surface area contributed by atoms with Crippen LogP contribution in [-0.4, -0.2) is 24.5 Å². The molecule has 0 spiro atoms. The maximum atomic E-state index is 12.0. The second kappa shape index (κ2) is 5.17. The molecule has 1 fully saturated rings. The van der Waals surface area contributed by atoms with Gasteiger partial charge < -0.3 is 10.6 Å². The number of amides is 1. The lowest BCUT2D eigenvalue weighted by Crippen LogP contribution is -2.29. The van der Waals surface area contributed by atoms with Crippen LogP contribution >= 0.6 is 0 Å². The number of aromatic nitrogens is 1. The minimum Gasteiger partial charge on any atom is -0.386 e. The number of pyridine rings is 1. The Morgan fingerprint density at radius 1 is 1.59 bits per heavy atom. The molecule has 1 amide bonds. The van der Waals surface area contributed by atoms with Crippen molar-refractivity contribution in [3.05, 3.63) is 24.0 Å². The highest BCUT2D eigenvalue weighted by molar-refractivity contribution is 5.99. The number of carbonyl (C=O) groups is 1. The molecule has 0 aromatic carbocycles. The molecule has 1 aliphatic carbocycles. The van der Waals surface area contributed by atoms with E-state index >= 15 is 0 Å². The third-order valence-electron chi connectivity index (χ3n) is 3.35. The molecular formula is C13H19N3O. The molecule has 1 unspecified atom stereocenters. The second-order valence-electron chi connectivity index (χ2n) is 4.70. The third kappa shape index (κ3) is 2.96. The first kappa shape index (κ1) is 11.9. The molecule has 0 saturated heterocycles. The maximum absolute atomic E-state index is 12.0. The van der Waals surface area contributed by atoms with Crippen molar-refractivity contribution in [3.8, 4) is 0 Å². The van der Waals surface area contributed by atoms with Gasteiger partial charge in [0.2, 0.25) is 0 Å². The number of hydrogen-bond acceptors (Lipinski definition) is 3. The van der Waals surface area contributed by atoms with Crippen LogP contribution < -0.4 is 10.6 Å². The molecule has 2 rings (SSSR count). The van der Waals surface area contributed by atoms with Gasteiger partial charge >= 0.3 is 0 Å². The minimum atomic E-state index is -0.0238. The van der Waals surface area contributed by atoms with Gasteiger partial charge in [-0.2, -0.15) is 0 Å². The average molecular weight is 233 g/mol. The van der Waals surface area contributed by atoms with Gasteiger partial charge in [0, 0.05) is 19.8 Å². The third-order valence-corrected chi connectivity index (χ3v) is 3.35. The van der Waals surface area contributed by atoms with Gasteiger partial charge in [-0.05, 0) is 30.7 Å². The van der Waals surface area contributed by atoms with E-state index in [2.05, 4.69) is 22.5 Å². The highest BCUT2D eigenvalue weighted by atomic mass is 16.1. The van der Waals surface area contributed by atoms with Gasteiger partial charge in [-0.25, -0.2) is 0 Å². The summed E-state index contributed by atoms with van der Waals surface area (Å²) in [6, 6.07) is 1.74. The van der Waals surface area contributed by atoms with E-state index < -0.39 is 0 Å². The van der Waals surface area contributed by atoms with E-state index in [0.717, 1.165) is 18.2 Å². The minimum absolute atomic E-state index is 0.0238. The molecule has 0 radical (unpaired) electrons. The summed E-state index contributed by atoms with van der Waals surface area (Å²) in [5, 5.41) is 5.96. The number of anilines is 1. The Balaban J connectivity index is 1.94. The van der Waals surface area contributed by atoms with Gasteiger partial charge in [0.25, 0.3) is 5.91 Å². The maximum Gasteiger partial charge on any atom is 0.253 e. The van der Waals surface area contributed by atoms with Gasteiger partial charge in [0.1, 0.15) is 0 Å². The molecule has 17 heavy (non-hydrogen) atoms. The largest absolute Gasteiger partial charge is 0.386 e. The van der Waals surface area contributed by atoms with Crippen molar-refractivity contribution in [3.63, 3.8) is 0 Å². The molecule has 4 heteroatoms. The molecule has 92 valence electrons. The Hall–Kier alpha value is -1.58. The summed E-state index contributed by atoms with van der Waals surface area (Å²) in [6.07, 6.45) is 5.93. The molecule has 1 aromatic heterocycles. The lowest BCUT2D eigenvalue weighted by Gasteiger charge is -2.13. The van der Waals surface area contributed by atoms with E-state index in [1.165, 1.54) is 12.8 Å². The summed E-state index contributed by atoms with van der Waals surface area (Å²) in [5.41, 5.74) is 1.43. The molecular weight excluding hydrogens is 214 g/mol. The van der Waals surface area contributed by atoms with E-state index in [9.17, 15) is 4.79 Å². The zero-order valence-corrected chi connectivity index (χ0v) is 10.4. The van der Waals surface area contributed by atoms with Gasteiger partial charge in [0.05, 0.1) is 17.4 Å². The summed E-state index contributed by atoms with van der Waals surface area (Å²) in [4.78, 5) is 16.0. The van der Waals surface area contributed by atoms with Crippen molar-refractivity contribution in [2.45, 2.75) is 19.8 Å². The van der Waals surface area contributed by atoms with Crippen LogP contribution in [0.2, 0.25) is 0 Å². The zero-order valence-electron chi connectivity index (χ0n) is 10.4. The highest BCUT2D eigenvalue weighted by Gasteiger charge is 2.28. The van der Waals surface area contributed by atoms with Gasteiger partial charge in [0.15, 0.2) is 0 Å². The van der Waals surface area contributed by atoms with Crippen molar-refractivity contribution in [2.24, 2.45) is 11.8 Å². The average Bonchev–Trinajstić information content (AvgIpc) is 3.19. The normalized spacial score (nSPS) is 16.4. The SMILES string of the molecule is CNc1cnccc1C(=O)NCC(C)C1CC1. The summed E-state index contributed by atoms with van der Waals surface area (Å²) >= 11 is 0. The summed E-state index contributed by atoms with van der Waals surface area (Å²) in [7, 11) is 1.79. The number of nitrogens with zero attached hydrogens (tertiary/aromatic N) is 1. The van der Waals surface area contributed by atoms with Crippen molar-refractivity contribution in [2.75, 3.05) is 18.9 Å². The highest BCUT2D eigenvalue weighted by Crippen LogP contribution is 2.36. The van der Waals surface area contributed by atoms with E-state index in [1.54, 1.807) is 25.5 Å². The Bertz CT molecular complexity index is 401. The molecule has 2 N–H and O–H groups in total. The van der Waals surface area contributed by atoms with Crippen LogP contribution in [0, 0.1) is 11.8 Å². The van der Waals surface area contributed by atoms with Crippen molar-refractivity contribution < 1.29 is 4.79 Å². The Labute approximate surface area is 102 Å². The Kier molecular flexibility index (Phi) is 3.61. The molecule has 4 nitrogen and oxygen atoms in total. The molecule has 0 bridgehead atoms. The fourth-order valence-corrected chi connectivity index (χ4v) is 1.97. The van der Waals surface area contributed by atoms with E-state index in [4.69, 9.17) is 0 Å². The first-order valence-electron chi connectivity index (χ1n) is 6.12. The molecule has 0 aliphatic heterocycles. The number of hydrogen-bond donors (Lipinski definition) is 2. The van der Waals surface area contributed by atoms with Crippen LogP contribution in [0.15, 0.2) is 18.5 Å². The van der Waals surface area contributed by atoms with Crippen LogP contribution in [0.3, 0.4) is 0 Å². The van der Waals surface area contributed by atoms with Gasteiger partial charge in [-0.15, -0.1) is 0 Å². The Morgan fingerprint density at radius 3 is 3.00 bits per heavy atom. The van der Waals surface area contributed by atoms with Crippen molar-refractivity contribution in [1.29, 1.82) is 0 Å². The van der Waals surface area contributed by atoms with Crippen LogP contribution in [0.25, 0.3) is 0 Å². The topological polar surface area (TPSA) is 54.0 Å².